The highest BCUT2D eigenvalue weighted by atomic mass is 16.5. The van der Waals surface area contributed by atoms with Crippen molar-refractivity contribution in [3.63, 3.8) is 0 Å². The van der Waals surface area contributed by atoms with Crippen LogP contribution in [-0.2, 0) is 0 Å². The summed E-state index contributed by atoms with van der Waals surface area (Å²) in [7, 11) is 4.10. The fraction of sp³-hybridized carbons (Fsp3) is 0.316. The molecule has 0 aromatic heterocycles. The fourth-order valence-electron chi connectivity index (χ4n) is 2.76. The molecule has 126 valence electrons. The summed E-state index contributed by atoms with van der Waals surface area (Å²) in [4.78, 5) is 14.8. The first-order valence-electron chi connectivity index (χ1n) is 8.05. The normalized spacial score (nSPS) is 15.1. The number of carbonyl (C=O) groups is 1. The minimum Gasteiger partial charge on any atom is -0.490 e. The molecule has 0 aliphatic carbocycles. The van der Waals surface area contributed by atoms with Crippen LogP contribution in [0.3, 0.4) is 0 Å². The van der Waals surface area contributed by atoms with E-state index >= 15 is 0 Å². The number of nitrogens with zero attached hydrogens (tertiary/aromatic N) is 2. The van der Waals surface area contributed by atoms with Crippen LogP contribution in [0.25, 0.3) is 0 Å². The number of fused-ring (bicyclic) bond motifs is 2. The standard InChI is InChI=1S/C10H11NO2.C9H11NO/c1-11-4-5-13-10-6-8(7-12)2-3-9(10)11;1-10-6-7-11-9-5-3-2-4-8(9)10/h2-3,6-7H,4-5H2,1H3;2-5H,6-7H2,1H3. The third kappa shape index (κ3) is 3.45. The highest BCUT2D eigenvalue weighted by molar-refractivity contribution is 5.78. The molecule has 0 saturated heterocycles. The molecule has 0 N–H and O–H groups in total. The molecule has 0 saturated carbocycles. The van der Waals surface area contributed by atoms with Crippen LogP contribution in [0.5, 0.6) is 11.5 Å². The molecule has 0 spiro atoms. The molecule has 24 heavy (non-hydrogen) atoms. The Hall–Kier alpha value is -2.69. The monoisotopic (exact) mass is 326 g/mol. The Morgan fingerprint density at radius 3 is 2.17 bits per heavy atom. The maximum atomic E-state index is 10.5. The number of rotatable bonds is 1. The van der Waals surface area contributed by atoms with E-state index in [0.717, 1.165) is 43.2 Å². The molecular formula is C19H22N2O3. The second-order valence-corrected chi connectivity index (χ2v) is 5.85. The summed E-state index contributed by atoms with van der Waals surface area (Å²) in [6.07, 6.45) is 0.832. The van der Waals surface area contributed by atoms with Gasteiger partial charge in [0, 0.05) is 19.7 Å². The zero-order valence-electron chi connectivity index (χ0n) is 14.1. The summed E-state index contributed by atoms with van der Waals surface area (Å²) in [5.41, 5.74) is 2.91. The minimum atomic E-state index is 0.661. The van der Waals surface area contributed by atoms with Gasteiger partial charge in [-0.3, -0.25) is 4.79 Å². The first-order chi connectivity index (χ1) is 11.7. The lowest BCUT2D eigenvalue weighted by molar-refractivity contribution is 0.112. The number of para-hydroxylation sites is 2. The number of hydrogen-bond acceptors (Lipinski definition) is 5. The summed E-state index contributed by atoms with van der Waals surface area (Å²) in [6.45, 7) is 3.36. The third-order valence-corrected chi connectivity index (χ3v) is 4.18. The predicted octanol–water partition coefficient (Wildman–Crippen LogP) is 2.84. The molecular weight excluding hydrogens is 304 g/mol. The van der Waals surface area contributed by atoms with Crippen molar-refractivity contribution in [2.24, 2.45) is 0 Å². The summed E-state index contributed by atoms with van der Waals surface area (Å²) in [6, 6.07) is 13.6. The van der Waals surface area contributed by atoms with E-state index < -0.39 is 0 Å². The van der Waals surface area contributed by atoms with Crippen molar-refractivity contribution in [2.45, 2.75) is 0 Å². The largest absolute Gasteiger partial charge is 0.490 e. The van der Waals surface area contributed by atoms with Crippen molar-refractivity contribution in [1.29, 1.82) is 0 Å². The van der Waals surface area contributed by atoms with Crippen molar-refractivity contribution >= 4 is 17.7 Å². The Labute approximate surface area is 142 Å². The lowest BCUT2D eigenvalue weighted by Gasteiger charge is -2.27. The number of hydrogen-bond donors (Lipinski definition) is 0. The Kier molecular flexibility index (Phi) is 4.89. The van der Waals surface area contributed by atoms with Crippen LogP contribution in [0.15, 0.2) is 42.5 Å². The molecule has 2 aromatic carbocycles. The van der Waals surface area contributed by atoms with Crippen LogP contribution in [-0.4, -0.2) is 46.7 Å². The number of aldehydes is 1. The van der Waals surface area contributed by atoms with Crippen LogP contribution in [0, 0.1) is 0 Å². The van der Waals surface area contributed by atoms with Gasteiger partial charge in [-0.05, 0) is 30.3 Å². The number of benzene rings is 2. The number of carbonyl (C=O) groups excluding carboxylic acids is 1. The molecule has 2 heterocycles. The van der Waals surface area contributed by atoms with E-state index in [2.05, 4.69) is 22.9 Å². The topological polar surface area (TPSA) is 42.0 Å². The predicted molar refractivity (Wildman–Crippen MR) is 95.8 cm³/mol. The van der Waals surface area contributed by atoms with Crippen LogP contribution >= 0.6 is 0 Å². The smallest absolute Gasteiger partial charge is 0.150 e. The van der Waals surface area contributed by atoms with E-state index in [-0.39, 0.29) is 0 Å². The number of anilines is 2. The van der Waals surface area contributed by atoms with Gasteiger partial charge in [0.15, 0.2) is 0 Å². The SMILES string of the molecule is CN1CCOc2cc(C=O)ccc21.CN1CCOc2ccccc21. The molecule has 0 unspecified atom stereocenters. The van der Waals surface area contributed by atoms with Crippen LogP contribution in [0.2, 0.25) is 0 Å². The Morgan fingerprint density at radius 1 is 0.875 bits per heavy atom. The van der Waals surface area contributed by atoms with Gasteiger partial charge in [-0.1, -0.05) is 12.1 Å². The Balaban J connectivity index is 0.000000143. The van der Waals surface area contributed by atoms with Gasteiger partial charge < -0.3 is 19.3 Å². The summed E-state index contributed by atoms with van der Waals surface area (Å²) in [5, 5.41) is 0. The molecule has 5 heteroatoms. The molecule has 0 bridgehead atoms. The number of ether oxygens (including phenoxy) is 2. The van der Waals surface area contributed by atoms with Crippen molar-refractivity contribution < 1.29 is 14.3 Å². The lowest BCUT2D eigenvalue weighted by Crippen LogP contribution is -2.28. The highest BCUT2D eigenvalue weighted by Crippen LogP contribution is 2.31. The zero-order chi connectivity index (χ0) is 16.9. The lowest BCUT2D eigenvalue weighted by atomic mass is 10.2. The second-order valence-electron chi connectivity index (χ2n) is 5.85. The van der Waals surface area contributed by atoms with E-state index in [0.29, 0.717) is 12.2 Å². The number of likely N-dealkylation sites (N-methyl/N-ethyl adjacent to an activating group) is 2. The van der Waals surface area contributed by atoms with Crippen molar-refractivity contribution in [2.75, 3.05) is 50.2 Å². The molecule has 0 amide bonds. The Morgan fingerprint density at radius 2 is 1.50 bits per heavy atom. The molecule has 4 rings (SSSR count). The molecule has 2 aromatic rings. The average Bonchev–Trinajstić information content (AvgIpc) is 2.63. The maximum Gasteiger partial charge on any atom is 0.150 e. The van der Waals surface area contributed by atoms with Crippen LogP contribution in [0.1, 0.15) is 10.4 Å². The van der Waals surface area contributed by atoms with Gasteiger partial charge in [0.25, 0.3) is 0 Å². The maximum absolute atomic E-state index is 10.5. The van der Waals surface area contributed by atoms with Gasteiger partial charge >= 0.3 is 0 Å². The molecule has 5 nitrogen and oxygen atoms in total. The first kappa shape index (κ1) is 16.2. The van der Waals surface area contributed by atoms with Crippen LogP contribution in [0.4, 0.5) is 11.4 Å². The summed E-state index contributed by atoms with van der Waals surface area (Å²) < 4.78 is 10.9. The molecule has 2 aliphatic heterocycles. The quantitative estimate of drug-likeness (QED) is 0.754. The highest BCUT2D eigenvalue weighted by Gasteiger charge is 2.14. The molecule has 0 radical (unpaired) electrons. The van der Waals surface area contributed by atoms with Gasteiger partial charge in [-0.25, -0.2) is 0 Å². The molecule has 2 aliphatic rings. The van der Waals surface area contributed by atoms with E-state index in [1.54, 1.807) is 12.1 Å². The van der Waals surface area contributed by atoms with Gasteiger partial charge in [0.05, 0.1) is 24.5 Å². The fourth-order valence-corrected chi connectivity index (χ4v) is 2.76. The van der Waals surface area contributed by atoms with E-state index in [1.165, 1.54) is 5.69 Å². The summed E-state index contributed by atoms with van der Waals surface area (Å²) >= 11 is 0. The van der Waals surface area contributed by atoms with E-state index in [9.17, 15) is 4.79 Å². The van der Waals surface area contributed by atoms with Crippen molar-refractivity contribution in [3.05, 3.63) is 48.0 Å². The first-order valence-corrected chi connectivity index (χ1v) is 8.05. The zero-order valence-corrected chi connectivity index (χ0v) is 14.1. The van der Waals surface area contributed by atoms with E-state index in [1.807, 2.05) is 31.3 Å². The van der Waals surface area contributed by atoms with Crippen LogP contribution < -0.4 is 19.3 Å². The Bertz CT molecular complexity index is 718. The average molecular weight is 326 g/mol. The second kappa shape index (κ2) is 7.25. The van der Waals surface area contributed by atoms with Gasteiger partial charge in [-0.2, -0.15) is 0 Å². The van der Waals surface area contributed by atoms with Gasteiger partial charge in [0.2, 0.25) is 0 Å². The van der Waals surface area contributed by atoms with Crippen molar-refractivity contribution in [3.8, 4) is 11.5 Å². The van der Waals surface area contributed by atoms with E-state index in [4.69, 9.17) is 9.47 Å². The van der Waals surface area contributed by atoms with Crippen molar-refractivity contribution in [1.82, 2.24) is 0 Å². The molecule has 0 fully saturated rings. The summed E-state index contributed by atoms with van der Waals surface area (Å²) in [5.74, 6) is 1.81. The minimum absolute atomic E-state index is 0.661. The van der Waals surface area contributed by atoms with Gasteiger partial charge in [0.1, 0.15) is 31.0 Å². The molecule has 0 atom stereocenters. The van der Waals surface area contributed by atoms with Gasteiger partial charge in [-0.15, -0.1) is 0 Å². The third-order valence-electron chi connectivity index (χ3n) is 4.18.